The van der Waals surface area contributed by atoms with Crippen molar-refractivity contribution < 1.29 is 39.6 Å². The van der Waals surface area contributed by atoms with Gasteiger partial charge < -0.3 is 20.4 Å². The predicted molar refractivity (Wildman–Crippen MR) is 66.6 cm³/mol. The molecule has 11 heteroatoms. The van der Waals surface area contributed by atoms with Crippen molar-refractivity contribution in [1.29, 1.82) is 0 Å². The fourth-order valence-corrected chi connectivity index (χ4v) is 1.38. The minimum atomic E-state index is -1.76. The summed E-state index contributed by atoms with van der Waals surface area (Å²) in [5, 5.41) is 44.2. The van der Waals surface area contributed by atoms with E-state index in [2.05, 4.69) is 15.4 Å². The molecule has 0 aliphatic rings. The lowest BCUT2D eigenvalue weighted by atomic mass is 9.87. The molecule has 22 heavy (non-hydrogen) atoms. The standard InChI is InChI=1S/C8H10O8.C3H3N3/c9-5(10)1-3(7(13)14)4(8(15)16)2-6(11)12;1-2-4-6-5-3-1/h3-4H,1-2H2,(H,9,10)(H,11,12)(H,13,14)(H,15,16);1-3H. The minimum absolute atomic E-state index is 0.931. The van der Waals surface area contributed by atoms with Gasteiger partial charge in [-0.15, -0.1) is 10.2 Å². The van der Waals surface area contributed by atoms with Gasteiger partial charge in [-0.2, -0.15) is 0 Å². The third-order valence-electron chi connectivity index (χ3n) is 2.32. The van der Waals surface area contributed by atoms with Crippen LogP contribution in [0.2, 0.25) is 0 Å². The number of rotatable bonds is 7. The zero-order valence-corrected chi connectivity index (χ0v) is 11.1. The minimum Gasteiger partial charge on any atom is -0.481 e. The van der Waals surface area contributed by atoms with Gasteiger partial charge in [0.05, 0.1) is 37.1 Å². The molecule has 0 spiro atoms. The average Bonchev–Trinajstić information content (AvgIpc) is 2.44. The van der Waals surface area contributed by atoms with Crippen LogP contribution in [-0.2, 0) is 19.2 Å². The van der Waals surface area contributed by atoms with Crippen LogP contribution in [0, 0.1) is 11.8 Å². The Kier molecular flexibility index (Phi) is 8.36. The Balaban J connectivity index is 0.000000604. The molecule has 0 fully saturated rings. The van der Waals surface area contributed by atoms with E-state index in [1.54, 1.807) is 18.5 Å². The van der Waals surface area contributed by atoms with Gasteiger partial charge in [-0.3, -0.25) is 19.2 Å². The largest absolute Gasteiger partial charge is 0.481 e. The van der Waals surface area contributed by atoms with Crippen LogP contribution in [0.4, 0.5) is 0 Å². The van der Waals surface area contributed by atoms with Crippen LogP contribution >= 0.6 is 0 Å². The van der Waals surface area contributed by atoms with Gasteiger partial charge in [0.15, 0.2) is 0 Å². The third kappa shape index (κ3) is 8.14. The van der Waals surface area contributed by atoms with Crippen molar-refractivity contribution in [2.45, 2.75) is 12.8 Å². The van der Waals surface area contributed by atoms with E-state index in [9.17, 15) is 19.2 Å². The Hall–Kier alpha value is -3.11. The molecule has 0 aliphatic carbocycles. The average molecular weight is 315 g/mol. The molecule has 1 rings (SSSR count). The van der Waals surface area contributed by atoms with Crippen LogP contribution < -0.4 is 0 Å². The SMILES string of the molecule is O=C(O)CC(C(=O)O)C(CC(=O)O)C(=O)O.c1cnnnc1. The number of hydrogen-bond acceptors (Lipinski definition) is 7. The molecule has 2 unspecified atom stereocenters. The second kappa shape index (κ2) is 9.74. The lowest BCUT2D eigenvalue weighted by Gasteiger charge is -2.16. The molecule has 0 amide bonds. The summed E-state index contributed by atoms with van der Waals surface area (Å²) < 4.78 is 0. The molecular weight excluding hydrogens is 302 g/mol. The number of aromatic nitrogens is 3. The first-order valence-electron chi connectivity index (χ1n) is 5.73. The van der Waals surface area contributed by atoms with E-state index >= 15 is 0 Å². The van der Waals surface area contributed by atoms with Gasteiger partial charge in [0, 0.05) is 0 Å². The van der Waals surface area contributed by atoms with Crippen molar-refractivity contribution in [3.63, 3.8) is 0 Å². The van der Waals surface area contributed by atoms with E-state index in [1.165, 1.54) is 0 Å². The Labute approximate surface area is 123 Å². The van der Waals surface area contributed by atoms with Gasteiger partial charge in [-0.25, -0.2) is 0 Å². The number of hydrogen-bond donors (Lipinski definition) is 4. The highest BCUT2D eigenvalue weighted by Crippen LogP contribution is 2.20. The molecule has 0 saturated carbocycles. The Morgan fingerprint density at radius 3 is 1.27 bits per heavy atom. The van der Waals surface area contributed by atoms with E-state index in [-0.39, 0.29) is 0 Å². The van der Waals surface area contributed by atoms with Crippen molar-refractivity contribution >= 4 is 23.9 Å². The molecule has 120 valence electrons. The van der Waals surface area contributed by atoms with Crippen molar-refractivity contribution in [3.8, 4) is 0 Å². The van der Waals surface area contributed by atoms with E-state index in [0.717, 1.165) is 0 Å². The molecule has 0 saturated heterocycles. The monoisotopic (exact) mass is 315 g/mol. The number of carboxylic acid groups (broad SMARTS) is 4. The van der Waals surface area contributed by atoms with E-state index < -0.39 is 48.6 Å². The smallest absolute Gasteiger partial charge is 0.307 e. The van der Waals surface area contributed by atoms with Gasteiger partial charge in [-0.05, 0) is 11.3 Å². The fourth-order valence-electron chi connectivity index (χ4n) is 1.38. The van der Waals surface area contributed by atoms with Crippen molar-refractivity contribution in [2.24, 2.45) is 11.8 Å². The van der Waals surface area contributed by atoms with Crippen LogP contribution in [0.5, 0.6) is 0 Å². The maximum Gasteiger partial charge on any atom is 0.307 e. The molecule has 4 N–H and O–H groups in total. The number of aliphatic carboxylic acids is 4. The van der Waals surface area contributed by atoms with Crippen LogP contribution in [-0.4, -0.2) is 59.7 Å². The van der Waals surface area contributed by atoms with E-state index in [1.807, 2.05) is 0 Å². The maximum absolute atomic E-state index is 10.6. The molecule has 1 aromatic rings. The summed E-state index contributed by atoms with van der Waals surface area (Å²) in [6.45, 7) is 0. The molecule has 11 nitrogen and oxygen atoms in total. The van der Waals surface area contributed by atoms with Crippen LogP contribution in [0.1, 0.15) is 12.8 Å². The molecule has 0 aromatic carbocycles. The topological polar surface area (TPSA) is 188 Å². The van der Waals surface area contributed by atoms with Crippen LogP contribution in [0.25, 0.3) is 0 Å². The molecule has 1 heterocycles. The molecule has 2 atom stereocenters. The summed E-state index contributed by atoms with van der Waals surface area (Å²) in [7, 11) is 0. The highest BCUT2D eigenvalue weighted by Gasteiger charge is 2.36. The van der Waals surface area contributed by atoms with Crippen LogP contribution in [0.3, 0.4) is 0 Å². The van der Waals surface area contributed by atoms with Gasteiger partial charge in [0.25, 0.3) is 0 Å². The van der Waals surface area contributed by atoms with Crippen molar-refractivity contribution in [1.82, 2.24) is 15.4 Å². The van der Waals surface area contributed by atoms with Gasteiger partial charge in [0.2, 0.25) is 0 Å². The second-order valence-corrected chi connectivity index (χ2v) is 3.90. The number of carbonyl (C=O) groups is 4. The molecule has 0 radical (unpaired) electrons. The fraction of sp³-hybridized carbons (Fsp3) is 0.364. The normalized spacial score (nSPS) is 12.2. The van der Waals surface area contributed by atoms with Crippen LogP contribution in [0.15, 0.2) is 18.5 Å². The summed E-state index contributed by atoms with van der Waals surface area (Å²) in [5.74, 6) is -9.79. The highest BCUT2D eigenvalue weighted by molar-refractivity contribution is 5.86. The first kappa shape index (κ1) is 18.9. The Bertz CT molecular complexity index is 463. The summed E-state index contributed by atoms with van der Waals surface area (Å²) in [6.07, 6.45) is 1.29. The quantitative estimate of drug-likeness (QED) is 0.493. The second-order valence-electron chi connectivity index (χ2n) is 3.90. The molecule has 1 aromatic heterocycles. The lowest BCUT2D eigenvalue weighted by molar-refractivity contribution is -0.160. The van der Waals surface area contributed by atoms with Gasteiger partial charge in [0.1, 0.15) is 0 Å². The first-order chi connectivity index (χ1) is 10.3. The summed E-state index contributed by atoms with van der Waals surface area (Å²) in [5.41, 5.74) is 0. The third-order valence-corrected chi connectivity index (χ3v) is 2.32. The van der Waals surface area contributed by atoms with Gasteiger partial charge >= 0.3 is 23.9 Å². The summed E-state index contributed by atoms with van der Waals surface area (Å²) >= 11 is 0. The van der Waals surface area contributed by atoms with Gasteiger partial charge in [-0.1, -0.05) is 0 Å². The number of nitrogens with zero attached hydrogens (tertiary/aromatic N) is 3. The summed E-state index contributed by atoms with van der Waals surface area (Å²) in [6, 6.07) is 1.72. The Morgan fingerprint density at radius 2 is 1.14 bits per heavy atom. The van der Waals surface area contributed by atoms with Crippen molar-refractivity contribution in [2.75, 3.05) is 0 Å². The number of carboxylic acids is 4. The molecule has 0 bridgehead atoms. The summed E-state index contributed by atoms with van der Waals surface area (Å²) in [4.78, 5) is 41.9. The first-order valence-corrected chi connectivity index (χ1v) is 5.73. The predicted octanol–water partition coefficient (Wildman–Crippen LogP) is -0.791. The van der Waals surface area contributed by atoms with Crippen molar-refractivity contribution in [3.05, 3.63) is 18.5 Å². The lowest BCUT2D eigenvalue weighted by Crippen LogP contribution is -2.33. The zero-order chi connectivity index (χ0) is 17.1. The maximum atomic E-state index is 10.6. The molecular formula is C11H13N3O8. The Morgan fingerprint density at radius 1 is 0.773 bits per heavy atom. The highest BCUT2D eigenvalue weighted by atomic mass is 16.4. The van der Waals surface area contributed by atoms with E-state index in [4.69, 9.17) is 20.4 Å². The van der Waals surface area contributed by atoms with E-state index in [0.29, 0.717) is 0 Å². The zero-order valence-electron chi connectivity index (χ0n) is 11.1. The molecule has 0 aliphatic heterocycles.